The van der Waals surface area contributed by atoms with Crippen molar-refractivity contribution in [3.63, 3.8) is 0 Å². The van der Waals surface area contributed by atoms with Crippen LogP contribution in [0.3, 0.4) is 0 Å². The zero-order valence-electron chi connectivity index (χ0n) is 13.5. The molecule has 122 valence electrons. The Labute approximate surface area is 151 Å². The van der Waals surface area contributed by atoms with Gasteiger partial charge in [0.1, 0.15) is 0 Å². The Hall–Kier alpha value is -3.03. The number of hydrogen-bond acceptors (Lipinski definition) is 3. The standard InChI is InChI=1S/C21H16N2OS/c22-14-17-9-6-10-18(13-17)21(24)23-19-11-4-5-12-20(19)25-15-16-7-2-1-3-8-16/h1-13H,15H2,(H,23,24). The van der Waals surface area contributed by atoms with E-state index >= 15 is 0 Å². The molecule has 0 spiro atoms. The number of carbonyl (C=O) groups is 1. The molecule has 1 amide bonds. The van der Waals surface area contributed by atoms with Crippen LogP contribution in [-0.4, -0.2) is 5.91 Å². The minimum Gasteiger partial charge on any atom is -0.321 e. The Balaban J connectivity index is 1.74. The number of hydrogen-bond donors (Lipinski definition) is 1. The van der Waals surface area contributed by atoms with E-state index in [0.29, 0.717) is 11.1 Å². The minimum absolute atomic E-state index is 0.218. The summed E-state index contributed by atoms with van der Waals surface area (Å²) in [5, 5.41) is 11.9. The van der Waals surface area contributed by atoms with Crippen molar-refractivity contribution in [1.82, 2.24) is 0 Å². The maximum Gasteiger partial charge on any atom is 0.255 e. The molecule has 0 radical (unpaired) electrons. The number of rotatable bonds is 5. The van der Waals surface area contributed by atoms with Crippen LogP contribution in [-0.2, 0) is 5.75 Å². The van der Waals surface area contributed by atoms with Gasteiger partial charge in [0.25, 0.3) is 5.91 Å². The molecule has 0 aliphatic rings. The zero-order valence-corrected chi connectivity index (χ0v) is 14.3. The summed E-state index contributed by atoms with van der Waals surface area (Å²) >= 11 is 1.68. The highest BCUT2D eigenvalue weighted by molar-refractivity contribution is 7.98. The number of nitrogens with one attached hydrogen (secondary N) is 1. The Bertz CT molecular complexity index is 916. The van der Waals surface area contributed by atoms with Crippen molar-refractivity contribution in [2.45, 2.75) is 10.6 Å². The zero-order chi connectivity index (χ0) is 17.5. The van der Waals surface area contributed by atoms with Crippen molar-refractivity contribution < 1.29 is 4.79 Å². The largest absolute Gasteiger partial charge is 0.321 e. The molecular weight excluding hydrogens is 328 g/mol. The Morgan fingerprint density at radius 3 is 2.52 bits per heavy atom. The van der Waals surface area contributed by atoms with Crippen molar-refractivity contribution in [3.8, 4) is 6.07 Å². The molecule has 0 atom stereocenters. The summed E-state index contributed by atoms with van der Waals surface area (Å²) in [5.41, 5.74) is 2.95. The van der Waals surface area contributed by atoms with Crippen LogP contribution < -0.4 is 5.32 Å². The molecule has 0 heterocycles. The lowest BCUT2D eigenvalue weighted by Crippen LogP contribution is -2.12. The average molecular weight is 344 g/mol. The van der Waals surface area contributed by atoms with Gasteiger partial charge in [0.2, 0.25) is 0 Å². The van der Waals surface area contributed by atoms with Crippen molar-refractivity contribution in [2.75, 3.05) is 5.32 Å². The summed E-state index contributed by atoms with van der Waals surface area (Å²) in [6, 6.07) is 26.7. The van der Waals surface area contributed by atoms with E-state index in [0.717, 1.165) is 16.3 Å². The highest BCUT2D eigenvalue weighted by Gasteiger charge is 2.10. The predicted molar refractivity (Wildman–Crippen MR) is 102 cm³/mol. The first-order valence-corrected chi connectivity index (χ1v) is 8.82. The van der Waals surface area contributed by atoms with E-state index < -0.39 is 0 Å². The van der Waals surface area contributed by atoms with Gasteiger partial charge in [-0.05, 0) is 35.9 Å². The summed E-state index contributed by atoms with van der Waals surface area (Å²) in [6.45, 7) is 0. The van der Waals surface area contributed by atoms with Crippen LogP contribution in [0.2, 0.25) is 0 Å². The van der Waals surface area contributed by atoms with E-state index in [2.05, 4.69) is 23.5 Å². The molecule has 25 heavy (non-hydrogen) atoms. The molecule has 0 aromatic heterocycles. The van der Waals surface area contributed by atoms with E-state index in [-0.39, 0.29) is 5.91 Å². The van der Waals surface area contributed by atoms with Crippen LogP contribution in [0.4, 0.5) is 5.69 Å². The van der Waals surface area contributed by atoms with Gasteiger partial charge in [-0.3, -0.25) is 4.79 Å². The topological polar surface area (TPSA) is 52.9 Å². The second-order valence-corrected chi connectivity index (χ2v) is 6.43. The van der Waals surface area contributed by atoms with Crippen molar-refractivity contribution in [1.29, 1.82) is 5.26 Å². The summed E-state index contributed by atoms with van der Waals surface area (Å²) in [6.07, 6.45) is 0. The first-order chi connectivity index (χ1) is 12.3. The van der Waals surface area contributed by atoms with Gasteiger partial charge in [0, 0.05) is 16.2 Å². The van der Waals surface area contributed by atoms with Gasteiger partial charge in [0.15, 0.2) is 0 Å². The van der Waals surface area contributed by atoms with Gasteiger partial charge in [-0.1, -0.05) is 48.5 Å². The van der Waals surface area contributed by atoms with Crippen LogP contribution >= 0.6 is 11.8 Å². The van der Waals surface area contributed by atoms with E-state index in [1.165, 1.54) is 5.56 Å². The first-order valence-electron chi connectivity index (χ1n) is 7.83. The molecule has 1 N–H and O–H groups in total. The summed E-state index contributed by atoms with van der Waals surface area (Å²) < 4.78 is 0. The molecule has 3 aromatic carbocycles. The molecule has 0 aliphatic heterocycles. The number of anilines is 1. The van der Waals surface area contributed by atoms with Crippen LogP contribution in [0.25, 0.3) is 0 Å². The fraction of sp³-hybridized carbons (Fsp3) is 0.0476. The normalized spacial score (nSPS) is 10.0. The molecule has 4 heteroatoms. The molecule has 3 rings (SSSR count). The van der Waals surface area contributed by atoms with Crippen LogP contribution in [0.5, 0.6) is 0 Å². The van der Waals surface area contributed by atoms with E-state index in [9.17, 15) is 4.79 Å². The lowest BCUT2D eigenvalue weighted by molar-refractivity contribution is 0.102. The predicted octanol–water partition coefficient (Wildman–Crippen LogP) is 5.10. The van der Waals surface area contributed by atoms with Gasteiger partial charge < -0.3 is 5.32 Å². The minimum atomic E-state index is -0.218. The second kappa shape index (κ2) is 8.18. The second-order valence-electron chi connectivity index (χ2n) is 5.42. The van der Waals surface area contributed by atoms with Crippen molar-refractivity contribution >= 4 is 23.4 Å². The molecule has 0 bridgehead atoms. The number of para-hydroxylation sites is 1. The fourth-order valence-electron chi connectivity index (χ4n) is 2.36. The SMILES string of the molecule is N#Cc1cccc(C(=O)Nc2ccccc2SCc2ccccc2)c1. The number of carbonyl (C=O) groups excluding carboxylic acids is 1. The fourth-order valence-corrected chi connectivity index (χ4v) is 3.32. The Kier molecular flexibility index (Phi) is 5.50. The number of nitriles is 1. The quantitative estimate of drug-likeness (QED) is 0.655. The molecule has 3 aromatic rings. The van der Waals surface area contributed by atoms with E-state index in [1.807, 2.05) is 42.5 Å². The molecule has 3 nitrogen and oxygen atoms in total. The lowest BCUT2D eigenvalue weighted by Gasteiger charge is -2.11. The summed E-state index contributed by atoms with van der Waals surface area (Å²) in [5.74, 6) is 0.613. The molecule has 0 aliphatic carbocycles. The number of benzene rings is 3. The highest BCUT2D eigenvalue weighted by atomic mass is 32.2. The molecule has 0 saturated carbocycles. The molecule has 0 unspecified atom stereocenters. The molecular formula is C21H16N2OS. The van der Waals surface area contributed by atoms with Gasteiger partial charge in [-0.2, -0.15) is 5.26 Å². The van der Waals surface area contributed by atoms with Gasteiger partial charge in [-0.15, -0.1) is 11.8 Å². The summed E-state index contributed by atoms with van der Waals surface area (Å²) in [4.78, 5) is 13.5. The monoisotopic (exact) mass is 344 g/mol. The third-order valence-corrected chi connectivity index (χ3v) is 4.77. The van der Waals surface area contributed by atoms with Crippen LogP contribution in [0.1, 0.15) is 21.5 Å². The molecule has 0 saturated heterocycles. The van der Waals surface area contributed by atoms with Gasteiger partial charge in [-0.25, -0.2) is 0 Å². The number of thioether (sulfide) groups is 1. The smallest absolute Gasteiger partial charge is 0.255 e. The third-order valence-electron chi connectivity index (χ3n) is 3.63. The van der Waals surface area contributed by atoms with Gasteiger partial charge >= 0.3 is 0 Å². The maximum atomic E-state index is 12.5. The van der Waals surface area contributed by atoms with Crippen LogP contribution in [0.15, 0.2) is 83.8 Å². The first kappa shape index (κ1) is 16.8. The highest BCUT2D eigenvalue weighted by Crippen LogP contribution is 2.30. The Morgan fingerprint density at radius 2 is 1.72 bits per heavy atom. The number of nitrogens with zero attached hydrogens (tertiary/aromatic N) is 1. The Morgan fingerprint density at radius 1 is 0.960 bits per heavy atom. The third kappa shape index (κ3) is 4.50. The average Bonchev–Trinajstić information content (AvgIpc) is 2.68. The molecule has 0 fully saturated rings. The lowest BCUT2D eigenvalue weighted by atomic mass is 10.1. The van der Waals surface area contributed by atoms with Crippen LogP contribution in [0, 0.1) is 11.3 Å². The van der Waals surface area contributed by atoms with Crippen molar-refractivity contribution in [2.24, 2.45) is 0 Å². The maximum absolute atomic E-state index is 12.5. The van der Waals surface area contributed by atoms with Gasteiger partial charge in [0.05, 0.1) is 17.3 Å². The van der Waals surface area contributed by atoms with E-state index in [4.69, 9.17) is 5.26 Å². The number of amides is 1. The van der Waals surface area contributed by atoms with Crippen molar-refractivity contribution in [3.05, 3.63) is 95.6 Å². The summed E-state index contributed by atoms with van der Waals surface area (Å²) in [7, 11) is 0. The van der Waals surface area contributed by atoms with E-state index in [1.54, 1.807) is 36.0 Å².